The van der Waals surface area contributed by atoms with Crippen LogP contribution in [0.25, 0.3) is 22.3 Å². The lowest BCUT2D eigenvalue weighted by atomic mass is 9.80. The number of carbonyl (C=O) groups is 1. The van der Waals surface area contributed by atoms with Gasteiger partial charge in [0.15, 0.2) is 0 Å². The van der Waals surface area contributed by atoms with E-state index >= 15 is 0 Å². The average Bonchev–Trinajstić information content (AvgIpc) is 2.83. The topological polar surface area (TPSA) is 26.3 Å². The van der Waals surface area contributed by atoms with Gasteiger partial charge >= 0.3 is 12.1 Å². The standard InChI is InChI=1S/C29H25F7O2/c1-2-3-16-4-6-17(7-5-16)28(37)38-20-9-11-21(24(31)15-20)18-8-10-22(23(30)12-18)19-13-25(32)27(26(33)14-19)29(34,35)36/h8-17H,2-7H2,1H3. The second-order valence-corrected chi connectivity index (χ2v) is 9.58. The van der Waals surface area contributed by atoms with Crippen molar-refractivity contribution in [3.63, 3.8) is 0 Å². The molecule has 0 amide bonds. The van der Waals surface area contributed by atoms with E-state index in [1.54, 1.807) is 0 Å². The SMILES string of the molecule is CCCC1CCC(C(=O)Oc2ccc(-c3ccc(-c4cc(F)c(C(F)(F)F)c(F)c4)c(F)c3)c(F)c2)CC1. The van der Waals surface area contributed by atoms with Crippen LogP contribution in [0, 0.1) is 35.1 Å². The van der Waals surface area contributed by atoms with E-state index in [2.05, 4.69) is 6.92 Å². The lowest BCUT2D eigenvalue weighted by Gasteiger charge is -2.26. The predicted molar refractivity (Wildman–Crippen MR) is 128 cm³/mol. The number of rotatable bonds is 6. The van der Waals surface area contributed by atoms with Gasteiger partial charge in [-0.15, -0.1) is 0 Å². The summed E-state index contributed by atoms with van der Waals surface area (Å²) in [4.78, 5) is 12.5. The zero-order chi connectivity index (χ0) is 27.6. The van der Waals surface area contributed by atoms with E-state index < -0.39 is 46.5 Å². The maximum Gasteiger partial charge on any atom is 0.422 e. The number of benzene rings is 3. The fourth-order valence-electron chi connectivity index (χ4n) is 5.00. The lowest BCUT2D eigenvalue weighted by Crippen LogP contribution is -2.25. The van der Waals surface area contributed by atoms with Gasteiger partial charge in [-0.1, -0.05) is 31.9 Å². The van der Waals surface area contributed by atoms with Crippen LogP contribution in [0.3, 0.4) is 0 Å². The quantitative estimate of drug-likeness (QED) is 0.178. The Morgan fingerprint density at radius 3 is 1.89 bits per heavy atom. The Balaban J connectivity index is 1.50. The Bertz CT molecular complexity index is 1300. The molecule has 2 nitrogen and oxygen atoms in total. The van der Waals surface area contributed by atoms with Crippen LogP contribution in [-0.2, 0) is 11.0 Å². The van der Waals surface area contributed by atoms with Crippen LogP contribution >= 0.6 is 0 Å². The molecule has 0 heterocycles. The largest absolute Gasteiger partial charge is 0.426 e. The summed E-state index contributed by atoms with van der Waals surface area (Å²) in [5.41, 5.74) is -2.82. The third kappa shape index (κ3) is 6.03. The normalized spacial score (nSPS) is 17.9. The molecule has 202 valence electrons. The van der Waals surface area contributed by atoms with Gasteiger partial charge in [0.25, 0.3) is 0 Å². The predicted octanol–water partition coefficient (Wildman–Crippen LogP) is 9.11. The maximum atomic E-state index is 14.9. The summed E-state index contributed by atoms with van der Waals surface area (Å²) in [6.07, 6.45) is 0.340. The van der Waals surface area contributed by atoms with Crippen molar-refractivity contribution < 1.29 is 40.3 Å². The molecule has 0 N–H and O–H groups in total. The second kappa shape index (κ2) is 11.2. The molecule has 0 aliphatic heterocycles. The van der Waals surface area contributed by atoms with Crippen molar-refractivity contribution in [2.75, 3.05) is 0 Å². The lowest BCUT2D eigenvalue weighted by molar-refractivity contribution is -0.142. The molecule has 1 saturated carbocycles. The van der Waals surface area contributed by atoms with E-state index in [0.29, 0.717) is 18.1 Å². The van der Waals surface area contributed by atoms with Crippen molar-refractivity contribution in [2.45, 2.75) is 51.6 Å². The Kier molecular flexibility index (Phi) is 8.13. The van der Waals surface area contributed by atoms with E-state index in [-0.39, 0.29) is 28.4 Å². The molecule has 0 radical (unpaired) electrons. The molecule has 0 aromatic heterocycles. The van der Waals surface area contributed by atoms with Crippen LogP contribution < -0.4 is 4.74 Å². The summed E-state index contributed by atoms with van der Waals surface area (Å²) in [5.74, 6) is -5.59. The van der Waals surface area contributed by atoms with Gasteiger partial charge in [-0.3, -0.25) is 4.79 Å². The van der Waals surface area contributed by atoms with Crippen LogP contribution in [0.5, 0.6) is 5.75 Å². The molecule has 0 bridgehead atoms. The van der Waals surface area contributed by atoms with Crippen LogP contribution in [0.1, 0.15) is 51.0 Å². The molecule has 0 saturated heterocycles. The third-order valence-corrected chi connectivity index (χ3v) is 6.95. The summed E-state index contributed by atoms with van der Waals surface area (Å²) in [6.45, 7) is 2.13. The fraction of sp³-hybridized carbons (Fsp3) is 0.345. The molecule has 3 aromatic carbocycles. The van der Waals surface area contributed by atoms with E-state index in [9.17, 15) is 35.5 Å². The molecule has 4 rings (SSSR count). The number of esters is 1. The van der Waals surface area contributed by atoms with Gasteiger partial charge < -0.3 is 4.74 Å². The molecule has 0 atom stereocenters. The minimum atomic E-state index is -5.25. The van der Waals surface area contributed by atoms with Gasteiger partial charge in [0.05, 0.1) is 5.92 Å². The number of hydrogen-bond donors (Lipinski definition) is 0. The van der Waals surface area contributed by atoms with Crippen molar-refractivity contribution in [3.05, 3.63) is 77.4 Å². The van der Waals surface area contributed by atoms with Crippen molar-refractivity contribution in [1.29, 1.82) is 0 Å². The third-order valence-electron chi connectivity index (χ3n) is 6.95. The molecule has 1 aliphatic rings. The first-order valence-electron chi connectivity index (χ1n) is 12.4. The van der Waals surface area contributed by atoms with Gasteiger partial charge in [0.2, 0.25) is 0 Å². The number of ether oxygens (including phenoxy) is 1. The van der Waals surface area contributed by atoms with E-state index in [1.807, 2.05) is 0 Å². The van der Waals surface area contributed by atoms with Crippen LogP contribution in [0.2, 0.25) is 0 Å². The zero-order valence-electron chi connectivity index (χ0n) is 20.5. The van der Waals surface area contributed by atoms with E-state index in [4.69, 9.17) is 4.74 Å². The summed E-state index contributed by atoms with van der Waals surface area (Å²) in [6, 6.07) is 7.75. The molecule has 0 spiro atoms. The second-order valence-electron chi connectivity index (χ2n) is 9.58. The Labute approximate surface area is 215 Å². The molecule has 3 aromatic rings. The Hall–Kier alpha value is -3.36. The van der Waals surface area contributed by atoms with Crippen molar-refractivity contribution in [2.24, 2.45) is 11.8 Å². The Morgan fingerprint density at radius 1 is 0.789 bits per heavy atom. The van der Waals surface area contributed by atoms with Gasteiger partial charge in [-0.05, 0) is 73.1 Å². The summed E-state index contributed by atoms with van der Waals surface area (Å²) in [7, 11) is 0. The minimum Gasteiger partial charge on any atom is -0.426 e. The van der Waals surface area contributed by atoms with Crippen LogP contribution in [0.4, 0.5) is 30.7 Å². The van der Waals surface area contributed by atoms with Gasteiger partial charge in [-0.2, -0.15) is 13.2 Å². The molecular weight excluding hydrogens is 513 g/mol. The molecule has 0 unspecified atom stereocenters. The first-order chi connectivity index (χ1) is 18.0. The highest BCUT2D eigenvalue weighted by Crippen LogP contribution is 2.38. The van der Waals surface area contributed by atoms with Crippen molar-refractivity contribution >= 4 is 5.97 Å². The summed E-state index contributed by atoms with van der Waals surface area (Å²) in [5, 5.41) is 0. The summed E-state index contributed by atoms with van der Waals surface area (Å²) >= 11 is 0. The number of carbonyl (C=O) groups excluding carboxylic acids is 1. The molecule has 1 fully saturated rings. The van der Waals surface area contributed by atoms with Crippen molar-refractivity contribution in [1.82, 2.24) is 0 Å². The van der Waals surface area contributed by atoms with Crippen LogP contribution in [-0.4, -0.2) is 5.97 Å². The molecule has 38 heavy (non-hydrogen) atoms. The smallest absolute Gasteiger partial charge is 0.422 e. The summed E-state index contributed by atoms with van der Waals surface area (Å²) < 4.78 is 101. The van der Waals surface area contributed by atoms with Gasteiger partial charge in [0.1, 0.15) is 34.6 Å². The van der Waals surface area contributed by atoms with Crippen molar-refractivity contribution in [3.8, 4) is 28.0 Å². The molecule has 1 aliphatic carbocycles. The zero-order valence-corrected chi connectivity index (χ0v) is 20.5. The molecular formula is C29H25F7O2. The maximum absolute atomic E-state index is 14.9. The highest BCUT2D eigenvalue weighted by Gasteiger charge is 2.38. The first-order valence-corrected chi connectivity index (χ1v) is 12.4. The highest BCUT2D eigenvalue weighted by atomic mass is 19.4. The number of hydrogen-bond acceptors (Lipinski definition) is 2. The van der Waals surface area contributed by atoms with E-state index in [1.165, 1.54) is 18.2 Å². The molecule has 9 heteroatoms. The Morgan fingerprint density at radius 2 is 1.34 bits per heavy atom. The number of alkyl halides is 3. The van der Waals surface area contributed by atoms with Gasteiger partial charge in [0, 0.05) is 17.2 Å². The van der Waals surface area contributed by atoms with Gasteiger partial charge in [-0.25, -0.2) is 17.6 Å². The average molecular weight is 539 g/mol. The monoisotopic (exact) mass is 538 g/mol. The number of halogens is 7. The van der Waals surface area contributed by atoms with Crippen LogP contribution in [0.15, 0.2) is 48.5 Å². The van der Waals surface area contributed by atoms with E-state index in [0.717, 1.165) is 56.7 Å². The first kappa shape index (κ1) is 27.7. The highest BCUT2D eigenvalue weighted by molar-refractivity contribution is 5.76. The fourth-order valence-corrected chi connectivity index (χ4v) is 5.00. The minimum absolute atomic E-state index is 0.0136.